The summed E-state index contributed by atoms with van der Waals surface area (Å²) in [6.45, 7) is 5.83. The van der Waals surface area contributed by atoms with Crippen LogP contribution in [0.15, 0.2) is 48.5 Å². The first-order valence-corrected chi connectivity index (χ1v) is 5.46. The van der Waals surface area contributed by atoms with Crippen molar-refractivity contribution in [3.05, 3.63) is 72.1 Å². The van der Waals surface area contributed by atoms with Gasteiger partial charge in [0.15, 0.2) is 0 Å². The van der Waals surface area contributed by atoms with Crippen LogP contribution < -0.4 is 5.32 Å². The van der Waals surface area contributed by atoms with Gasteiger partial charge in [0.25, 0.3) is 5.91 Å². The Kier molecular flexibility index (Phi) is 3.24. The van der Waals surface area contributed by atoms with Crippen LogP contribution in [-0.2, 0) is 0 Å². The van der Waals surface area contributed by atoms with Crippen molar-refractivity contribution in [1.29, 1.82) is 0 Å². The minimum atomic E-state index is -0.124. The highest BCUT2D eigenvalue weighted by atomic mass is 16.1. The maximum atomic E-state index is 12.0. The molecule has 0 aliphatic rings. The van der Waals surface area contributed by atoms with E-state index in [0.717, 1.165) is 16.8 Å². The SMILES string of the molecule is [CH2]c1ccccc1C(=O)Nc1cccc(C)c1. The second-order valence-electron chi connectivity index (χ2n) is 3.98. The van der Waals surface area contributed by atoms with E-state index in [-0.39, 0.29) is 5.91 Å². The van der Waals surface area contributed by atoms with Crippen molar-refractivity contribution in [2.24, 2.45) is 0 Å². The summed E-state index contributed by atoms with van der Waals surface area (Å²) in [6.07, 6.45) is 0. The van der Waals surface area contributed by atoms with E-state index < -0.39 is 0 Å². The molecule has 1 N–H and O–H groups in total. The fraction of sp³-hybridized carbons (Fsp3) is 0.0667. The standard InChI is InChI=1S/C15H14NO/c1-11-6-5-8-13(10-11)16-15(17)14-9-4-3-7-12(14)2/h3-10H,2H2,1H3,(H,16,17). The summed E-state index contributed by atoms with van der Waals surface area (Å²) in [5.74, 6) is -0.124. The monoisotopic (exact) mass is 224 g/mol. The summed E-state index contributed by atoms with van der Waals surface area (Å²) in [4.78, 5) is 12.0. The number of carbonyl (C=O) groups excluding carboxylic acids is 1. The van der Waals surface area contributed by atoms with Gasteiger partial charge in [-0.25, -0.2) is 0 Å². The second kappa shape index (κ2) is 4.83. The van der Waals surface area contributed by atoms with Crippen LogP contribution >= 0.6 is 0 Å². The third kappa shape index (κ3) is 2.72. The van der Waals surface area contributed by atoms with Crippen LogP contribution in [0.4, 0.5) is 5.69 Å². The summed E-state index contributed by atoms with van der Waals surface area (Å²) in [7, 11) is 0. The van der Waals surface area contributed by atoms with Crippen LogP contribution in [0.3, 0.4) is 0 Å². The summed E-state index contributed by atoms with van der Waals surface area (Å²) in [5, 5.41) is 2.86. The van der Waals surface area contributed by atoms with E-state index in [1.54, 1.807) is 6.07 Å². The molecule has 1 amide bonds. The van der Waals surface area contributed by atoms with Gasteiger partial charge in [-0.05, 0) is 43.2 Å². The van der Waals surface area contributed by atoms with Gasteiger partial charge in [0.2, 0.25) is 0 Å². The lowest BCUT2D eigenvalue weighted by molar-refractivity contribution is 0.102. The fourth-order valence-electron chi connectivity index (χ4n) is 1.66. The summed E-state index contributed by atoms with van der Waals surface area (Å²) in [6, 6.07) is 15.0. The van der Waals surface area contributed by atoms with Gasteiger partial charge in [-0.1, -0.05) is 30.3 Å². The predicted molar refractivity (Wildman–Crippen MR) is 70.0 cm³/mol. The maximum absolute atomic E-state index is 12.0. The van der Waals surface area contributed by atoms with Crippen molar-refractivity contribution in [2.45, 2.75) is 6.92 Å². The van der Waals surface area contributed by atoms with E-state index in [1.165, 1.54) is 0 Å². The number of benzene rings is 2. The number of amides is 1. The molecule has 85 valence electrons. The van der Waals surface area contributed by atoms with E-state index in [2.05, 4.69) is 12.2 Å². The van der Waals surface area contributed by atoms with E-state index in [4.69, 9.17) is 0 Å². The predicted octanol–water partition coefficient (Wildman–Crippen LogP) is 3.43. The van der Waals surface area contributed by atoms with Gasteiger partial charge < -0.3 is 5.32 Å². The molecule has 2 nitrogen and oxygen atoms in total. The number of aryl methyl sites for hydroxylation is 1. The van der Waals surface area contributed by atoms with Crippen LogP contribution in [-0.4, -0.2) is 5.91 Å². The Bertz CT molecular complexity index is 546. The van der Waals surface area contributed by atoms with E-state index in [1.807, 2.05) is 49.4 Å². The van der Waals surface area contributed by atoms with Gasteiger partial charge in [-0.2, -0.15) is 0 Å². The quantitative estimate of drug-likeness (QED) is 0.832. The molecule has 0 spiro atoms. The minimum Gasteiger partial charge on any atom is -0.322 e. The number of carbonyl (C=O) groups is 1. The molecular weight excluding hydrogens is 210 g/mol. The molecule has 2 aromatic rings. The van der Waals surface area contributed by atoms with E-state index >= 15 is 0 Å². The molecule has 0 heterocycles. The summed E-state index contributed by atoms with van der Waals surface area (Å²) in [5.41, 5.74) is 3.26. The van der Waals surface area contributed by atoms with Crippen molar-refractivity contribution < 1.29 is 4.79 Å². The lowest BCUT2D eigenvalue weighted by Gasteiger charge is -2.07. The molecule has 0 aromatic heterocycles. The Balaban J connectivity index is 2.20. The highest BCUT2D eigenvalue weighted by molar-refractivity contribution is 6.05. The number of hydrogen-bond donors (Lipinski definition) is 1. The molecular formula is C15H14NO. The molecule has 0 fully saturated rings. The van der Waals surface area contributed by atoms with Crippen LogP contribution in [0.2, 0.25) is 0 Å². The first kappa shape index (κ1) is 11.4. The zero-order valence-corrected chi connectivity index (χ0v) is 9.73. The van der Waals surface area contributed by atoms with Crippen molar-refractivity contribution >= 4 is 11.6 Å². The average Bonchev–Trinajstić information content (AvgIpc) is 2.29. The zero-order chi connectivity index (χ0) is 12.3. The van der Waals surface area contributed by atoms with Gasteiger partial charge in [0.05, 0.1) is 0 Å². The molecule has 17 heavy (non-hydrogen) atoms. The number of nitrogens with one attached hydrogen (secondary N) is 1. The maximum Gasteiger partial charge on any atom is 0.255 e. The van der Waals surface area contributed by atoms with Crippen LogP contribution in [0.1, 0.15) is 21.5 Å². The van der Waals surface area contributed by atoms with Gasteiger partial charge in [0, 0.05) is 11.3 Å². The molecule has 2 aromatic carbocycles. The normalized spacial score (nSPS) is 10.0. The Morgan fingerprint density at radius 2 is 1.88 bits per heavy atom. The van der Waals surface area contributed by atoms with Gasteiger partial charge in [-0.15, -0.1) is 0 Å². The van der Waals surface area contributed by atoms with Gasteiger partial charge in [0.1, 0.15) is 0 Å². The van der Waals surface area contributed by atoms with E-state index in [9.17, 15) is 4.79 Å². The Labute approximate surface area is 101 Å². The lowest BCUT2D eigenvalue weighted by Crippen LogP contribution is -2.13. The first-order valence-electron chi connectivity index (χ1n) is 5.46. The zero-order valence-electron chi connectivity index (χ0n) is 9.73. The average molecular weight is 224 g/mol. The molecule has 2 heteroatoms. The molecule has 0 bridgehead atoms. The molecule has 0 unspecified atom stereocenters. The topological polar surface area (TPSA) is 29.1 Å². The van der Waals surface area contributed by atoms with Crippen molar-refractivity contribution in [3.63, 3.8) is 0 Å². The third-order valence-electron chi connectivity index (χ3n) is 2.54. The van der Waals surface area contributed by atoms with Crippen LogP contribution in [0.5, 0.6) is 0 Å². The summed E-state index contributed by atoms with van der Waals surface area (Å²) < 4.78 is 0. The molecule has 0 atom stereocenters. The molecule has 1 radical (unpaired) electrons. The Morgan fingerprint density at radius 1 is 1.12 bits per heavy atom. The Morgan fingerprint density at radius 3 is 2.59 bits per heavy atom. The highest BCUT2D eigenvalue weighted by Crippen LogP contribution is 2.13. The van der Waals surface area contributed by atoms with E-state index in [0.29, 0.717) is 5.56 Å². The fourth-order valence-corrected chi connectivity index (χ4v) is 1.66. The Hall–Kier alpha value is -2.09. The summed E-state index contributed by atoms with van der Waals surface area (Å²) >= 11 is 0. The molecule has 0 saturated carbocycles. The van der Waals surface area contributed by atoms with Crippen molar-refractivity contribution in [2.75, 3.05) is 5.32 Å². The second-order valence-corrected chi connectivity index (χ2v) is 3.98. The number of anilines is 1. The van der Waals surface area contributed by atoms with Gasteiger partial charge in [-0.3, -0.25) is 4.79 Å². The third-order valence-corrected chi connectivity index (χ3v) is 2.54. The highest BCUT2D eigenvalue weighted by Gasteiger charge is 2.07. The smallest absolute Gasteiger partial charge is 0.255 e. The van der Waals surface area contributed by atoms with Gasteiger partial charge >= 0.3 is 0 Å². The van der Waals surface area contributed by atoms with Crippen LogP contribution in [0, 0.1) is 13.8 Å². The number of hydrogen-bond acceptors (Lipinski definition) is 1. The molecule has 0 aliphatic heterocycles. The van der Waals surface area contributed by atoms with Crippen LogP contribution in [0.25, 0.3) is 0 Å². The first-order chi connectivity index (χ1) is 8.16. The van der Waals surface area contributed by atoms with Crippen molar-refractivity contribution in [1.82, 2.24) is 0 Å². The molecule has 2 rings (SSSR count). The molecule has 0 aliphatic carbocycles. The van der Waals surface area contributed by atoms with Crippen molar-refractivity contribution in [3.8, 4) is 0 Å². The lowest BCUT2D eigenvalue weighted by atomic mass is 10.1. The largest absolute Gasteiger partial charge is 0.322 e. The minimum absolute atomic E-state index is 0.124. The molecule has 0 saturated heterocycles. The number of rotatable bonds is 2.